The predicted molar refractivity (Wildman–Crippen MR) is 73.3 cm³/mol. The van der Waals surface area contributed by atoms with E-state index in [0.29, 0.717) is 17.8 Å². The minimum Gasteiger partial charge on any atom is -0.494 e. The maximum Gasteiger partial charge on any atom is 0.501 e. The van der Waals surface area contributed by atoms with Crippen molar-refractivity contribution < 1.29 is 18.4 Å². The van der Waals surface area contributed by atoms with Gasteiger partial charge in [0.2, 0.25) is 0 Å². The number of ether oxygens (including phenoxy) is 1. The lowest BCUT2D eigenvalue weighted by Crippen LogP contribution is -2.41. The molecule has 3 nitrogen and oxygen atoms in total. The third-order valence-corrected chi connectivity index (χ3v) is 3.80. The van der Waals surface area contributed by atoms with E-state index in [0.717, 1.165) is 0 Å². The van der Waals surface area contributed by atoms with E-state index in [9.17, 15) is 4.39 Å². The van der Waals surface area contributed by atoms with Crippen molar-refractivity contribution in [2.75, 3.05) is 6.61 Å². The highest BCUT2D eigenvalue weighted by atomic mass is 19.1. The van der Waals surface area contributed by atoms with Crippen LogP contribution >= 0.6 is 0 Å². The smallest absolute Gasteiger partial charge is 0.494 e. The zero-order chi connectivity index (χ0) is 14.3. The second kappa shape index (κ2) is 4.80. The molecule has 104 valence electrons. The van der Waals surface area contributed by atoms with Crippen LogP contribution in [0.2, 0.25) is 0 Å². The van der Waals surface area contributed by atoms with Crippen LogP contribution in [0, 0.1) is 5.82 Å². The van der Waals surface area contributed by atoms with Crippen molar-refractivity contribution in [3.05, 3.63) is 24.0 Å². The summed E-state index contributed by atoms with van der Waals surface area (Å²) in [6.07, 6.45) is 0. The molecule has 1 aliphatic heterocycles. The van der Waals surface area contributed by atoms with Gasteiger partial charge in [0.1, 0.15) is 11.6 Å². The number of rotatable bonds is 3. The SMILES string of the molecule is CCOc1cccc(F)c1B1OC(C)(C)C(C)(C)O1. The van der Waals surface area contributed by atoms with Crippen LogP contribution in [-0.4, -0.2) is 24.9 Å². The molecule has 0 N–H and O–H groups in total. The van der Waals surface area contributed by atoms with Gasteiger partial charge in [-0.1, -0.05) is 6.07 Å². The van der Waals surface area contributed by atoms with Gasteiger partial charge in [-0.3, -0.25) is 0 Å². The van der Waals surface area contributed by atoms with Crippen molar-refractivity contribution in [3.63, 3.8) is 0 Å². The van der Waals surface area contributed by atoms with E-state index in [4.69, 9.17) is 14.0 Å². The summed E-state index contributed by atoms with van der Waals surface area (Å²) in [6.45, 7) is 10.1. The largest absolute Gasteiger partial charge is 0.501 e. The molecule has 0 spiro atoms. The monoisotopic (exact) mass is 266 g/mol. The molecule has 1 saturated heterocycles. The van der Waals surface area contributed by atoms with Gasteiger partial charge in [0.25, 0.3) is 0 Å². The molecule has 1 aliphatic rings. The Labute approximate surface area is 114 Å². The number of hydrogen-bond acceptors (Lipinski definition) is 3. The first-order chi connectivity index (χ1) is 8.78. The summed E-state index contributed by atoms with van der Waals surface area (Å²) in [5, 5.41) is 0. The average Bonchev–Trinajstić information content (AvgIpc) is 2.48. The zero-order valence-electron chi connectivity index (χ0n) is 12.1. The average molecular weight is 266 g/mol. The molecular weight excluding hydrogens is 246 g/mol. The lowest BCUT2D eigenvalue weighted by molar-refractivity contribution is 0.00578. The third-order valence-electron chi connectivity index (χ3n) is 3.80. The van der Waals surface area contributed by atoms with Gasteiger partial charge in [-0.2, -0.15) is 0 Å². The molecule has 0 atom stereocenters. The standard InChI is InChI=1S/C14H20BFO3/c1-6-17-11-9-7-8-10(16)12(11)15-18-13(2,3)14(4,5)19-15/h7-9H,6H2,1-5H3. The molecule has 0 amide bonds. The second-order valence-corrected chi connectivity index (χ2v) is 5.67. The van der Waals surface area contributed by atoms with Crippen LogP contribution in [0.5, 0.6) is 5.75 Å². The number of hydrogen-bond donors (Lipinski definition) is 0. The molecule has 1 aromatic rings. The molecule has 0 radical (unpaired) electrons. The molecule has 1 aromatic carbocycles. The summed E-state index contributed by atoms with van der Waals surface area (Å²) in [6, 6.07) is 4.74. The van der Waals surface area contributed by atoms with Crippen molar-refractivity contribution in [1.82, 2.24) is 0 Å². The summed E-state index contributed by atoms with van der Waals surface area (Å²) in [5.74, 6) is 0.102. The van der Waals surface area contributed by atoms with Gasteiger partial charge < -0.3 is 14.0 Å². The van der Waals surface area contributed by atoms with Crippen LogP contribution < -0.4 is 10.2 Å². The van der Waals surface area contributed by atoms with E-state index in [1.54, 1.807) is 12.1 Å². The van der Waals surface area contributed by atoms with Gasteiger partial charge >= 0.3 is 7.12 Å². The van der Waals surface area contributed by atoms with E-state index >= 15 is 0 Å². The first kappa shape index (κ1) is 14.3. The molecular formula is C14H20BFO3. The minimum atomic E-state index is -0.743. The van der Waals surface area contributed by atoms with Crippen LogP contribution in [-0.2, 0) is 9.31 Å². The third kappa shape index (κ3) is 2.49. The second-order valence-electron chi connectivity index (χ2n) is 5.67. The molecule has 1 fully saturated rings. The highest BCUT2D eigenvalue weighted by Gasteiger charge is 2.53. The van der Waals surface area contributed by atoms with Crippen molar-refractivity contribution in [2.45, 2.75) is 45.8 Å². The van der Waals surface area contributed by atoms with E-state index in [-0.39, 0.29) is 5.82 Å². The van der Waals surface area contributed by atoms with Gasteiger partial charge in [0.15, 0.2) is 0 Å². The van der Waals surface area contributed by atoms with Crippen molar-refractivity contribution in [1.29, 1.82) is 0 Å². The molecule has 0 unspecified atom stereocenters. The summed E-state index contributed by atoms with van der Waals surface area (Å²) < 4.78 is 31.3. The van der Waals surface area contributed by atoms with Crippen LogP contribution in [0.3, 0.4) is 0 Å². The van der Waals surface area contributed by atoms with Gasteiger partial charge in [-0.15, -0.1) is 0 Å². The quantitative estimate of drug-likeness (QED) is 0.787. The number of benzene rings is 1. The Balaban J connectivity index is 2.39. The topological polar surface area (TPSA) is 27.7 Å². The Kier molecular flexibility index (Phi) is 3.62. The lowest BCUT2D eigenvalue weighted by atomic mass is 9.78. The van der Waals surface area contributed by atoms with Crippen molar-refractivity contribution in [2.24, 2.45) is 0 Å². The Hall–Kier alpha value is -1.07. The van der Waals surface area contributed by atoms with Gasteiger partial charge in [-0.25, -0.2) is 4.39 Å². The highest BCUT2D eigenvalue weighted by molar-refractivity contribution is 6.63. The van der Waals surface area contributed by atoms with E-state index in [1.165, 1.54) is 6.07 Å². The number of halogens is 1. The molecule has 0 saturated carbocycles. The summed E-state index contributed by atoms with van der Waals surface area (Å²) in [5.41, 5.74) is -0.657. The summed E-state index contributed by atoms with van der Waals surface area (Å²) >= 11 is 0. The Morgan fingerprint density at radius 3 is 2.26 bits per heavy atom. The van der Waals surface area contributed by atoms with E-state index in [1.807, 2.05) is 34.6 Å². The Morgan fingerprint density at radius 2 is 1.74 bits per heavy atom. The Morgan fingerprint density at radius 1 is 1.16 bits per heavy atom. The van der Waals surface area contributed by atoms with Gasteiger partial charge in [0.05, 0.1) is 23.3 Å². The normalized spacial score (nSPS) is 20.6. The molecule has 1 heterocycles. The van der Waals surface area contributed by atoms with E-state index < -0.39 is 18.3 Å². The summed E-state index contributed by atoms with van der Waals surface area (Å²) in [7, 11) is -0.743. The van der Waals surface area contributed by atoms with E-state index in [2.05, 4.69) is 0 Å². The Bertz CT molecular complexity index is 458. The molecule has 0 bridgehead atoms. The molecule has 0 aliphatic carbocycles. The zero-order valence-corrected chi connectivity index (χ0v) is 12.1. The van der Waals surface area contributed by atoms with Crippen LogP contribution in [0.4, 0.5) is 4.39 Å². The van der Waals surface area contributed by atoms with Crippen molar-refractivity contribution in [3.8, 4) is 5.75 Å². The van der Waals surface area contributed by atoms with Crippen LogP contribution in [0.25, 0.3) is 0 Å². The maximum atomic E-state index is 14.1. The fourth-order valence-corrected chi connectivity index (χ4v) is 1.99. The fraction of sp³-hybridized carbons (Fsp3) is 0.571. The summed E-state index contributed by atoms with van der Waals surface area (Å²) in [4.78, 5) is 0. The molecule has 5 heteroatoms. The lowest BCUT2D eigenvalue weighted by Gasteiger charge is -2.32. The molecule has 2 rings (SSSR count). The molecule has 0 aromatic heterocycles. The molecule has 19 heavy (non-hydrogen) atoms. The van der Waals surface area contributed by atoms with Crippen LogP contribution in [0.1, 0.15) is 34.6 Å². The predicted octanol–water partition coefficient (Wildman–Crippen LogP) is 2.52. The first-order valence-electron chi connectivity index (χ1n) is 6.55. The van der Waals surface area contributed by atoms with Crippen molar-refractivity contribution >= 4 is 12.6 Å². The fourth-order valence-electron chi connectivity index (χ4n) is 1.99. The highest BCUT2D eigenvalue weighted by Crippen LogP contribution is 2.37. The van der Waals surface area contributed by atoms with Gasteiger partial charge in [-0.05, 0) is 46.8 Å². The van der Waals surface area contributed by atoms with Crippen LogP contribution in [0.15, 0.2) is 18.2 Å². The van der Waals surface area contributed by atoms with Gasteiger partial charge in [0, 0.05) is 0 Å². The maximum absolute atomic E-state index is 14.1. The first-order valence-corrected chi connectivity index (χ1v) is 6.55. The minimum absolute atomic E-state index is 0.336.